The Morgan fingerprint density at radius 1 is 1.26 bits per heavy atom. The van der Waals surface area contributed by atoms with Crippen LogP contribution in [0.25, 0.3) is 0 Å². The van der Waals surface area contributed by atoms with Gasteiger partial charge in [0.05, 0.1) is 0 Å². The summed E-state index contributed by atoms with van der Waals surface area (Å²) in [7, 11) is 0. The number of rotatable bonds is 8. The summed E-state index contributed by atoms with van der Waals surface area (Å²) in [5, 5.41) is 0. The van der Waals surface area contributed by atoms with Crippen LogP contribution < -0.4 is 0 Å². The van der Waals surface area contributed by atoms with Crippen LogP contribution in [0.2, 0.25) is 0 Å². The van der Waals surface area contributed by atoms with Crippen molar-refractivity contribution >= 4 is 11.7 Å². The van der Waals surface area contributed by atoms with Gasteiger partial charge in [-0.05, 0) is 31.4 Å². The molecule has 3 heteroatoms. The Morgan fingerprint density at radius 3 is 2.37 bits per heavy atom. The van der Waals surface area contributed by atoms with Crippen LogP contribution >= 0.6 is 0 Å². The van der Waals surface area contributed by atoms with E-state index in [1.807, 2.05) is 0 Å². The number of unbranched alkanes of at least 4 members (excludes halogenated alkanes) is 2. The monoisotopic (exact) mass is 261 g/mol. The van der Waals surface area contributed by atoms with Gasteiger partial charge in [-0.25, -0.2) is 0 Å². The number of Topliss-reactive ketones (excluding diaryl/α,β-unsaturated/α-hetero) is 1. The Balaban J connectivity index is 2.83. The van der Waals surface area contributed by atoms with Crippen molar-refractivity contribution in [3.8, 4) is 0 Å². The summed E-state index contributed by atoms with van der Waals surface area (Å²) in [6, 6.07) is 3.57. The molecule has 19 heavy (non-hydrogen) atoms. The Kier molecular flexibility index (Phi) is 6.26. The molecule has 0 fully saturated rings. The predicted molar refractivity (Wildman–Crippen MR) is 77.1 cm³/mol. The summed E-state index contributed by atoms with van der Waals surface area (Å²) in [4.78, 5) is 24.2. The van der Waals surface area contributed by atoms with Crippen molar-refractivity contribution < 1.29 is 9.59 Å². The van der Waals surface area contributed by atoms with E-state index in [0.717, 1.165) is 25.7 Å². The van der Waals surface area contributed by atoms with Gasteiger partial charge in [-0.3, -0.25) is 14.2 Å². The molecule has 2 atom stereocenters. The van der Waals surface area contributed by atoms with E-state index in [-0.39, 0.29) is 17.6 Å². The molecule has 0 spiro atoms. The number of carbonyl (C=O) groups excluding carboxylic acids is 2. The molecule has 0 amide bonds. The zero-order chi connectivity index (χ0) is 14.3. The molecule has 0 N–H and O–H groups in total. The minimum absolute atomic E-state index is 0.0704. The lowest BCUT2D eigenvalue weighted by Crippen LogP contribution is -2.32. The first-order valence-electron chi connectivity index (χ1n) is 6.92. The van der Waals surface area contributed by atoms with Gasteiger partial charge < -0.3 is 0 Å². The minimum Gasteiger partial charge on any atom is -0.299 e. The Labute approximate surface area is 115 Å². The highest BCUT2D eigenvalue weighted by Crippen LogP contribution is 2.23. The fraction of sp³-hybridized carbons (Fsp3) is 0.500. The van der Waals surface area contributed by atoms with Gasteiger partial charge in [0.15, 0.2) is 0 Å². The maximum absolute atomic E-state index is 12.4. The molecule has 0 aliphatic heterocycles. The molecule has 1 rings (SSSR count). The third-order valence-electron chi connectivity index (χ3n) is 3.43. The molecule has 2 unspecified atom stereocenters. The van der Waals surface area contributed by atoms with E-state index in [4.69, 9.17) is 0 Å². The Hall–Kier alpha value is -1.64. The highest BCUT2D eigenvalue weighted by atomic mass is 16.2. The second-order valence-corrected chi connectivity index (χ2v) is 4.91. The zero-order valence-corrected chi connectivity index (χ0v) is 11.8. The quantitative estimate of drug-likeness (QED) is 0.406. The van der Waals surface area contributed by atoms with Crippen LogP contribution in [-0.4, -0.2) is 16.3 Å². The molecule has 0 aliphatic carbocycles. The first-order valence-corrected chi connectivity index (χ1v) is 6.92. The SMILES string of the molecule is C=CC(CCCCC)C(C(C)=O)C(=O)n1cccc1. The van der Waals surface area contributed by atoms with E-state index in [0.29, 0.717) is 0 Å². The van der Waals surface area contributed by atoms with Gasteiger partial charge in [0.2, 0.25) is 5.91 Å². The summed E-state index contributed by atoms with van der Waals surface area (Å²) >= 11 is 0. The average molecular weight is 261 g/mol. The largest absolute Gasteiger partial charge is 0.299 e. The van der Waals surface area contributed by atoms with Gasteiger partial charge in [0.25, 0.3) is 0 Å². The lowest BCUT2D eigenvalue weighted by molar-refractivity contribution is -0.120. The molecule has 0 radical (unpaired) electrons. The van der Waals surface area contributed by atoms with Crippen molar-refractivity contribution in [2.24, 2.45) is 11.8 Å². The predicted octanol–water partition coefficient (Wildman–Crippen LogP) is 3.72. The number of ketones is 1. The van der Waals surface area contributed by atoms with Crippen molar-refractivity contribution in [2.75, 3.05) is 0 Å². The van der Waals surface area contributed by atoms with Crippen LogP contribution in [0.15, 0.2) is 37.2 Å². The molecule has 1 aromatic rings. The van der Waals surface area contributed by atoms with Crippen molar-refractivity contribution in [2.45, 2.75) is 39.5 Å². The maximum Gasteiger partial charge on any atom is 0.241 e. The van der Waals surface area contributed by atoms with Crippen molar-refractivity contribution in [3.63, 3.8) is 0 Å². The zero-order valence-electron chi connectivity index (χ0n) is 11.8. The molecule has 0 bridgehead atoms. The lowest BCUT2D eigenvalue weighted by Gasteiger charge is -2.21. The summed E-state index contributed by atoms with van der Waals surface area (Å²) < 4.78 is 1.49. The summed E-state index contributed by atoms with van der Waals surface area (Å²) in [5.41, 5.74) is 0. The fourth-order valence-electron chi connectivity index (χ4n) is 2.35. The van der Waals surface area contributed by atoms with Gasteiger partial charge in [-0.2, -0.15) is 0 Å². The fourth-order valence-corrected chi connectivity index (χ4v) is 2.35. The third kappa shape index (κ3) is 4.19. The van der Waals surface area contributed by atoms with Gasteiger partial charge in [0, 0.05) is 12.4 Å². The molecule has 1 aromatic heterocycles. The van der Waals surface area contributed by atoms with E-state index in [2.05, 4.69) is 13.5 Å². The van der Waals surface area contributed by atoms with Crippen molar-refractivity contribution in [1.82, 2.24) is 4.57 Å². The van der Waals surface area contributed by atoms with E-state index >= 15 is 0 Å². The Bertz CT molecular complexity index is 420. The van der Waals surface area contributed by atoms with Gasteiger partial charge in [-0.1, -0.05) is 32.3 Å². The smallest absolute Gasteiger partial charge is 0.241 e. The van der Waals surface area contributed by atoms with Crippen LogP contribution in [-0.2, 0) is 4.79 Å². The van der Waals surface area contributed by atoms with Gasteiger partial charge in [-0.15, -0.1) is 6.58 Å². The van der Waals surface area contributed by atoms with E-state index < -0.39 is 5.92 Å². The van der Waals surface area contributed by atoms with Crippen LogP contribution in [0.4, 0.5) is 0 Å². The van der Waals surface area contributed by atoms with Gasteiger partial charge in [0.1, 0.15) is 11.7 Å². The van der Waals surface area contributed by atoms with E-state index in [1.54, 1.807) is 30.6 Å². The maximum atomic E-state index is 12.4. The second-order valence-electron chi connectivity index (χ2n) is 4.91. The first kappa shape index (κ1) is 15.4. The molecule has 1 heterocycles. The highest BCUT2D eigenvalue weighted by Gasteiger charge is 2.30. The molecule has 0 saturated carbocycles. The van der Waals surface area contributed by atoms with Crippen LogP contribution in [0.5, 0.6) is 0 Å². The first-order chi connectivity index (χ1) is 9.11. The van der Waals surface area contributed by atoms with E-state index in [1.165, 1.54) is 11.5 Å². The molecule has 0 saturated heterocycles. The molecule has 104 valence electrons. The van der Waals surface area contributed by atoms with Crippen LogP contribution in [0.3, 0.4) is 0 Å². The normalized spacial score (nSPS) is 13.8. The topological polar surface area (TPSA) is 39.1 Å². The molecular weight excluding hydrogens is 238 g/mol. The second kappa shape index (κ2) is 7.72. The average Bonchev–Trinajstić information content (AvgIpc) is 2.90. The number of aromatic nitrogens is 1. The van der Waals surface area contributed by atoms with Crippen molar-refractivity contribution in [3.05, 3.63) is 37.2 Å². The number of hydrogen-bond acceptors (Lipinski definition) is 2. The molecule has 0 aliphatic rings. The molecular formula is C16H23NO2. The Morgan fingerprint density at radius 2 is 1.89 bits per heavy atom. The number of carbonyl (C=O) groups is 2. The number of nitrogens with zero attached hydrogens (tertiary/aromatic N) is 1. The summed E-state index contributed by atoms with van der Waals surface area (Å²) in [6.45, 7) is 7.42. The number of hydrogen-bond donors (Lipinski definition) is 0. The van der Waals surface area contributed by atoms with Gasteiger partial charge >= 0.3 is 0 Å². The number of allylic oxidation sites excluding steroid dienone is 1. The third-order valence-corrected chi connectivity index (χ3v) is 3.43. The molecule has 0 aromatic carbocycles. The van der Waals surface area contributed by atoms with E-state index in [9.17, 15) is 9.59 Å². The molecule has 3 nitrogen and oxygen atoms in total. The minimum atomic E-state index is -0.609. The van der Waals surface area contributed by atoms with Crippen molar-refractivity contribution in [1.29, 1.82) is 0 Å². The lowest BCUT2D eigenvalue weighted by atomic mass is 9.84. The van der Waals surface area contributed by atoms with Crippen LogP contribution in [0.1, 0.15) is 44.3 Å². The summed E-state index contributed by atoms with van der Waals surface area (Å²) in [6.07, 6.45) is 9.23. The summed E-state index contributed by atoms with van der Waals surface area (Å²) in [5.74, 6) is -0.917. The van der Waals surface area contributed by atoms with Crippen LogP contribution in [0, 0.1) is 11.8 Å². The highest BCUT2D eigenvalue weighted by molar-refractivity contribution is 6.01. The standard InChI is InChI=1S/C16H23NO2/c1-4-6-7-10-14(5-2)15(13(3)18)16(19)17-11-8-9-12-17/h5,8-9,11-12,14-15H,2,4,6-7,10H2,1,3H3.